The lowest BCUT2D eigenvalue weighted by atomic mass is 10.1. The summed E-state index contributed by atoms with van der Waals surface area (Å²) in [5, 5.41) is 0.352. The van der Waals surface area contributed by atoms with Crippen molar-refractivity contribution in [3.63, 3.8) is 0 Å². The molecule has 0 spiro atoms. The molecule has 2 aromatic carbocycles. The molecule has 1 amide bonds. The maximum Gasteiger partial charge on any atom is 0.261 e. The summed E-state index contributed by atoms with van der Waals surface area (Å²) in [7, 11) is -3.73. The minimum absolute atomic E-state index is 0.0658. The summed E-state index contributed by atoms with van der Waals surface area (Å²) in [5.41, 5.74) is 1.11. The molecule has 3 rings (SSSR count). The highest BCUT2D eigenvalue weighted by Crippen LogP contribution is 2.25. The molecule has 0 radical (unpaired) electrons. The van der Waals surface area contributed by atoms with Crippen molar-refractivity contribution >= 4 is 38.9 Å². The Labute approximate surface area is 146 Å². The van der Waals surface area contributed by atoms with E-state index in [4.69, 9.17) is 11.6 Å². The van der Waals surface area contributed by atoms with E-state index in [0.29, 0.717) is 29.4 Å². The molecular weight excluding hydrogens is 348 g/mol. The van der Waals surface area contributed by atoms with Crippen LogP contribution in [-0.2, 0) is 14.8 Å². The minimum atomic E-state index is -3.73. The van der Waals surface area contributed by atoms with E-state index in [1.165, 1.54) is 12.1 Å². The van der Waals surface area contributed by atoms with Crippen molar-refractivity contribution in [1.29, 1.82) is 0 Å². The number of benzene rings is 2. The van der Waals surface area contributed by atoms with Gasteiger partial charge >= 0.3 is 0 Å². The van der Waals surface area contributed by atoms with Crippen LogP contribution in [0.3, 0.4) is 0 Å². The van der Waals surface area contributed by atoms with Gasteiger partial charge in [-0.15, -0.1) is 0 Å². The van der Waals surface area contributed by atoms with E-state index in [0.717, 1.165) is 12.8 Å². The summed E-state index contributed by atoms with van der Waals surface area (Å²) in [6.45, 7) is 0.656. The van der Waals surface area contributed by atoms with E-state index in [-0.39, 0.29) is 10.8 Å². The Morgan fingerprint density at radius 2 is 1.83 bits per heavy atom. The Hall–Kier alpha value is -2.05. The predicted molar refractivity (Wildman–Crippen MR) is 94.9 cm³/mol. The fourth-order valence-electron chi connectivity index (χ4n) is 2.66. The van der Waals surface area contributed by atoms with Crippen LogP contribution in [-0.4, -0.2) is 20.9 Å². The van der Waals surface area contributed by atoms with E-state index in [1.54, 1.807) is 41.3 Å². The van der Waals surface area contributed by atoms with Gasteiger partial charge in [0.15, 0.2) is 0 Å². The molecule has 7 heteroatoms. The first-order chi connectivity index (χ1) is 11.5. The Morgan fingerprint density at radius 3 is 2.58 bits per heavy atom. The van der Waals surface area contributed by atoms with Crippen molar-refractivity contribution in [2.45, 2.75) is 24.2 Å². The first kappa shape index (κ1) is 16.8. The number of anilines is 2. The van der Waals surface area contributed by atoms with Gasteiger partial charge in [0.1, 0.15) is 0 Å². The number of amides is 1. The number of halogens is 1. The maximum atomic E-state index is 12.5. The number of hydrogen-bond donors (Lipinski definition) is 1. The summed E-state index contributed by atoms with van der Waals surface area (Å²) in [6, 6.07) is 12.9. The highest BCUT2D eigenvalue weighted by molar-refractivity contribution is 7.92. The highest BCUT2D eigenvalue weighted by Gasteiger charge is 2.20. The molecule has 0 aromatic heterocycles. The summed E-state index contributed by atoms with van der Waals surface area (Å²) >= 11 is 5.86. The van der Waals surface area contributed by atoms with Crippen LogP contribution < -0.4 is 9.62 Å². The van der Waals surface area contributed by atoms with Gasteiger partial charge in [-0.05, 0) is 49.2 Å². The standard InChI is InChI=1S/C17H17ClN2O3S/c18-13-5-3-8-16(11-13)24(22,23)19-14-6-4-7-15(12-14)20-10-2-1-9-17(20)21/h3-8,11-12,19H,1-2,9-10H2. The van der Waals surface area contributed by atoms with E-state index < -0.39 is 10.0 Å². The molecule has 1 aliphatic heterocycles. The molecule has 1 fully saturated rings. The average Bonchev–Trinajstić information content (AvgIpc) is 2.55. The number of piperidine rings is 1. The molecule has 0 aliphatic carbocycles. The topological polar surface area (TPSA) is 66.5 Å². The van der Waals surface area contributed by atoms with Crippen molar-refractivity contribution in [1.82, 2.24) is 0 Å². The molecule has 5 nitrogen and oxygen atoms in total. The van der Waals surface area contributed by atoms with Gasteiger partial charge in [0, 0.05) is 23.7 Å². The van der Waals surface area contributed by atoms with Crippen LogP contribution in [0.25, 0.3) is 0 Å². The van der Waals surface area contributed by atoms with Crippen LogP contribution in [0.1, 0.15) is 19.3 Å². The fraction of sp³-hybridized carbons (Fsp3) is 0.235. The normalized spacial score (nSPS) is 15.4. The predicted octanol–water partition coefficient (Wildman–Crippen LogP) is 3.66. The van der Waals surface area contributed by atoms with Crippen molar-refractivity contribution in [2.75, 3.05) is 16.2 Å². The Kier molecular flexibility index (Phi) is 4.78. The van der Waals surface area contributed by atoms with Crippen molar-refractivity contribution in [3.05, 3.63) is 53.6 Å². The smallest absolute Gasteiger partial charge is 0.261 e. The highest BCUT2D eigenvalue weighted by atomic mass is 35.5. The lowest BCUT2D eigenvalue weighted by molar-refractivity contribution is -0.119. The zero-order valence-corrected chi connectivity index (χ0v) is 14.5. The van der Waals surface area contributed by atoms with Crippen LogP contribution in [0.2, 0.25) is 5.02 Å². The zero-order valence-electron chi connectivity index (χ0n) is 12.9. The first-order valence-corrected chi connectivity index (χ1v) is 9.51. The van der Waals surface area contributed by atoms with E-state index in [9.17, 15) is 13.2 Å². The van der Waals surface area contributed by atoms with Crippen LogP contribution in [0.5, 0.6) is 0 Å². The van der Waals surface area contributed by atoms with Crippen LogP contribution >= 0.6 is 11.6 Å². The number of rotatable bonds is 4. The Bertz CT molecular complexity index is 868. The van der Waals surface area contributed by atoms with E-state index in [1.807, 2.05) is 0 Å². The summed E-state index contributed by atoms with van der Waals surface area (Å²) in [6.07, 6.45) is 2.37. The summed E-state index contributed by atoms with van der Waals surface area (Å²) < 4.78 is 27.4. The monoisotopic (exact) mass is 364 g/mol. The molecule has 2 aromatic rings. The van der Waals surface area contributed by atoms with Crippen molar-refractivity contribution in [2.24, 2.45) is 0 Å². The largest absolute Gasteiger partial charge is 0.312 e. The third kappa shape index (κ3) is 3.71. The molecule has 1 aliphatic rings. The molecule has 1 saturated heterocycles. The van der Waals surface area contributed by atoms with Gasteiger partial charge in [0.25, 0.3) is 10.0 Å². The maximum absolute atomic E-state index is 12.5. The number of nitrogens with zero attached hydrogens (tertiary/aromatic N) is 1. The lowest BCUT2D eigenvalue weighted by Crippen LogP contribution is -2.35. The number of hydrogen-bond acceptors (Lipinski definition) is 3. The van der Waals surface area contributed by atoms with Crippen LogP contribution in [0.4, 0.5) is 11.4 Å². The number of carbonyl (C=O) groups excluding carboxylic acids is 1. The minimum Gasteiger partial charge on any atom is -0.312 e. The average molecular weight is 365 g/mol. The SMILES string of the molecule is O=C1CCCCN1c1cccc(NS(=O)(=O)c2cccc(Cl)c2)c1. The van der Waals surface area contributed by atoms with Crippen LogP contribution in [0.15, 0.2) is 53.4 Å². The molecule has 0 atom stereocenters. The molecule has 0 saturated carbocycles. The van der Waals surface area contributed by atoms with Gasteiger partial charge in [0.2, 0.25) is 5.91 Å². The Morgan fingerprint density at radius 1 is 1.04 bits per heavy atom. The van der Waals surface area contributed by atoms with Crippen molar-refractivity contribution in [3.8, 4) is 0 Å². The Balaban J connectivity index is 1.85. The van der Waals surface area contributed by atoms with Gasteiger partial charge in [-0.25, -0.2) is 8.42 Å². The van der Waals surface area contributed by atoms with Crippen molar-refractivity contribution < 1.29 is 13.2 Å². The molecule has 0 bridgehead atoms. The fourth-order valence-corrected chi connectivity index (χ4v) is 4.01. The molecule has 24 heavy (non-hydrogen) atoms. The molecule has 0 unspecified atom stereocenters. The third-order valence-corrected chi connectivity index (χ3v) is 5.45. The molecule has 1 heterocycles. The molecule has 126 valence electrons. The third-order valence-electron chi connectivity index (χ3n) is 3.84. The number of sulfonamides is 1. The lowest BCUT2D eigenvalue weighted by Gasteiger charge is -2.27. The molecule has 1 N–H and O–H groups in total. The summed E-state index contributed by atoms with van der Waals surface area (Å²) in [4.78, 5) is 13.8. The second-order valence-corrected chi connectivity index (χ2v) is 7.73. The van der Waals surface area contributed by atoms with Gasteiger partial charge in [0.05, 0.1) is 10.6 Å². The number of carbonyl (C=O) groups is 1. The second-order valence-electron chi connectivity index (χ2n) is 5.62. The molecular formula is C17H17ClN2O3S. The van der Waals surface area contributed by atoms with Gasteiger partial charge < -0.3 is 4.90 Å². The summed E-state index contributed by atoms with van der Waals surface area (Å²) in [5.74, 6) is 0.0658. The quantitative estimate of drug-likeness (QED) is 0.900. The van der Waals surface area contributed by atoms with Gasteiger partial charge in [-0.1, -0.05) is 23.7 Å². The van der Waals surface area contributed by atoms with E-state index in [2.05, 4.69) is 4.72 Å². The number of nitrogens with one attached hydrogen (secondary N) is 1. The zero-order chi connectivity index (χ0) is 17.2. The van der Waals surface area contributed by atoms with E-state index >= 15 is 0 Å². The second kappa shape index (κ2) is 6.83. The first-order valence-electron chi connectivity index (χ1n) is 7.64. The van der Waals surface area contributed by atoms with Gasteiger partial charge in [-0.3, -0.25) is 9.52 Å². The van der Waals surface area contributed by atoms with Gasteiger partial charge in [-0.2, -0.15) is 0 Å². The van der Waals surface area contributed by atoms with Crippen LogP contribution in [0, 0.1) is 0 Å².